The van der Waals surface area contributed by atoms with E-state index in [0.717, 1.165) is 0 Å². The van der Waals surface area contributed by atoms with Gasteiger partial charge in [-0.1, -0.05) is 19.9 Å². The van der Waals surface area contributed by atoms with E-state index >= 15 is 0 Å². The van der Waals surface area contributed by atoms with Gasteiger partial charge in [0.1, 0.15) is 11.6 Å². The fourth-order valence-electron chi connectivity index (χ4n) is 1.14. The van der Waals surface area contributed by atoms with Gasteiger partial charge < -0.3 is 0 Å². The van der Waals surface area contributed by atoms with Crippen LogP contribution in [0.5, 0.6) is 0 Å². The molecule has 0 spiro atoms. The van der Waals surface area contributed by atoms with E-state index < -0.39 is 11.6 Å². The summed E-state index contributed by atoms with van der Waals surface area (Å²) in [6, 6.07) is 1.51. The molecule has 0 atom stereocenters. The highest BCUT2D eigenvalue weighted by Crippen LogP contribution is 2.18. The van der Waals surface area contributed by atoms with E-state index in [9.17, 15) is 8.78 Å². The Hall–Kier alpha value is -0.920. The van der Waals surface area contributed by atoms with Gasteiger partial charge in [0.25, 0.3) is 0 Å². The molecule has 74 valence electrons. The number of aryl methyl sites for hydroxylation is 2. The molecule has 0 amide bonds. The topological polar surface area (TPSA) is 0 Å². The summed E-state index contributed by atoms with van der Waals surface area (Å²) in [4.78, 5) is 0. The lowest BCUT2D eigenvalue weighted by Gasteiger charge is -2.04. The molecule has 13 heavy (non-hydrogen) atoms. The van der Waals surface area contributed by atoms with Crippen molar-refractivity contribution in [2.45, 2.75) is 34.6 Å². The normalized spacial score (nSPS) is 9.15. The second kappa shape index (κ2) is 4.95. The first-order valence-electron chi connectivity index (χ1n) is 4.46. The second-order valence-electron chi connectivity index (χ2n) is 2.76. The first kappa shape index (κ1) is 12.1. The smallest absolute Gasteiger partial charge is 0.131 e. The summed E-state index contributed by atoms with van der Waals surface area (Å²) < 4.78 is 25.9. The minimum absolute atomic E-state index is 0.113. The molecule has 0 heterocycles. The summed E-state index contributed by atoms with van der Waals surface area (Å²) in [6.45, 7) is 8.72. The van der Waals surface area contributed by atoms with Crippen LogP contribution in [-0.2, 0) is 0 Å². The Labute approximate surface area is 78.6 Å². The van der Waals surface area contributed by atoms with Crippen LogP contribution in [0.1, 0.15) is 30.5 Å². The Bertz CT molecular complexity index is 264. The molecule has 1 rings (SSSR count). The Balaban J connectivity index is 0.000000671. The molecular weight excluding hydrogens is 170 g/mol. The zero-order chi connectivity index (χ0) is 10.6. The summed E-state index contributed by atoms with van der Waals surface area (Å²) in [5, 5.41) is 0. The molecule has 0 saturated carbocycles. The first-order chi connectivity index (χ1) is 6.04. The SMILES string of the molecule is CC.Cc1cc(C)c(F)c(C)c1F. The van der Waals surface area contributed by atoms with Crippen LogP contribution in [0.3, 0.4) is 0 Å². The van der Waals surface area contributed by atoms with Crippen LogP contribution in [0, 0.1) is 32.4 Å². The molecule has 0 unspecified atom stereocenters. The highest BCUT2D eigenvalue weighted by atomic mass is 19.1. The average molecular weight is 186 g/mol. The maximum absolute atomic E-state index is 12.9. The van der Waals surface area contributed by atoms with Gasteiger partial charge >= 0.3 is 0 Å². The molecule has 0 saturated heterocycles. The van der Waals surface area contributed by atoms with E-state index in [2.05, 4.69) is 0 Å². The zero-order valence-electron chi connectivity index (χ0n) is 8.83. The Morgan fingerprint density at radius 1 is 0.846 bits per heavy atom. The number of hydrogen-bond acceptors (Lipinski definition) is 0. The molecule has 0 aromatic heterocycles. The van der Waals surface area contributed by atoms with Crippen LogP contribution in [-0.4, -0.2) is 0 Å². The average Bonchev–Trinajstić information content (AvgIpc) is 2.15. The molecule has 0 N–H and O–H groups in total. The van der Waals surface area contributed by atoms with Crippen molar-refractivity contribution in [3.8, 4) is 0 Å². The molecule has 0 aliphatic rings. The molecule has 0 bridgehead atoms. The van der Waals surface area contributed by atoms with Crippen LogP contribution in [0.25, 0.3) is 0 Å². The van der Waals surface area contributed by atoms with E-state index in [1.165, 1.54) is 13.0 Å². The third-order valence-electron chi connectivity index (χ3n) is 1.78. The molecule has 0 aliphatic carbocycles. The Morgan fingerprint density at radius 3 is 1.46 bits per heavy atom. The van der Waals surface area contributed by atoms with Crippen LogP contribution < -0.4 is 0 Å². The summed E-state index contributed by atoms with van der Waals surface area (Å²) in [5.41, 5.74) is 1.12. The van der Waals surface area contributed by atoms with Gasteiger partial charge in [0.15, 0.2) is 0 Å². The highest BCUT2D eigenvalue weighted by Gasteiger charge is 2.09. The number of halogens is 2. The molecule has 1 aromatic rings. The fourth-order valence-corrected chi connectivity index (χ4v) is 1.14. The van der Waals surface area contributed by atoms with Crippen LogP contribution in [0.15, 0.2) is 6.07 Å². The van der Waals surface area contributed by atoms with Crippen LogP contribution in [0.4, 0.5) is 8.78 Å². The standard InChI is InChI=1S/C9H10F2.C2H6/c1-5-4-6(2)9(11)7(3)8(5)10;1-2/h4H,1-3H3;1-2H3. The molecular formula is C11H16F2. The van der Waals surface area contributed by atoms with E-state index in [4.69, 9.17) is 0 Å². The minimum Gasteiger partial charge on any atom is -0.206 e. The lowest BCUT2D eigenvalue weighted by Crippen LogP contribution is -1.95. The van der Waals surface area contributed by atoms with Gasteiger partial charge in [-0.25, -0.2) is 8.78 Å². The molecule has 0 radical (unpaired) electrons. The lowest BCUT2D eigenvalue weighted by molar-refractivity contribution is 0.557. The quantitative estimate of drug-likeness (QED) is 0.576. The van der Waals surface area contributed by atoms with Gasteiger partial charge in [-0.3, -0.25) is 0 Å². The Morgan fingerprint density at radius 2 is 1.15 bits per heavy atom. The molecule has 0 nitrogen and oxygen atoms in total. The van der Waals surface area contributed by atoms with Crippen molar-refractivity contribution < 1.29 is 8.78 Å². The summed E-state index contributed by atoms with van der Waals surface area (Å²) in [7, 11) is 0. The van der Waals surface area contributed by atoms with Gasteiger partial charge in [-0.05, 0) is 31.9 Å². The first-order valence-corrected chi connectivity index (χ1v) is 4.46. The molecule has 2 heteroatoms. The third kappa shape index (κ3) is 2.51. The van der Waals surface area contributed by atoms with Gasteiger partial charge in [-0.15, -0.1) is 0 Å². The van der Waals surface area contributed by atoms with Gasteiger partial charge in [0, 0.05) is 5.56 Å². The minimum atomic E-state index is -0.437. The van der Waals surface area contributed by atoms with Gasteiger partial charge in [-0.2, -0.15) is 0 Å². The lowest BCUT2D eigenvalue weighted by atomic mass is 10.1. The van der Waals surface area contributed by atoms with Crippen molar-refractivity contribution in [1.29, 1.82) is 0 Å². The van der Waals surface area contributed by atoms with E-state index in [1.54, 1.807) is 13.8 Å². The van der Waals surface area contributed by atoms with Crippen molar-refractivity contribution in [3.63, 3.8) is 0 Å². The van der Waals surface area contributed by atoms with Crippen LogP contribution >= 0.6 is 0 Å². The Kier molecular flexibility index (Phi) is 4.60. The number of rotatable bonds is 0. The fraction of sp³-hybridized carbons (Fsp3) is 0.455. The van der Waals surface area contributed by atoms with Crippen molar-refractivity contribution in [3.05, 3.63) is 34.4 Å². The third-order valence-corrected chi connectivity index (χ3v) is 1.78. The molecule has 0 fully saturated rings. The maximum atomic E-state index is 12.9. The zero-order valence-corrected chi connectivity index (χ0v) is 8.83. The van der Waals surface area contributed by atoms with Crippen molar-refractivity contribution >= 4 is 0 Å². The predicted molar refractivity (Wildman–Crippen MR) is 51.9 cm³/mol. The maximum Gasteiger partial charge on any atom is 0.131 e. The predicted octanol–water partition coefficient (Wildman–Crippen LogP) is 3.92. The number of hydrogen-bond donors (Lipinski definition) is 0. The largest absolute Gasteiger partial charge is 0.206 e. The molecule has 0 aliphatic heterocycles. The monoisotopic (exact) mass is 186 g/mol. The van der Waals surface area contributed by atoms with Crippen LogP contribution in [0.2, 0.25) is 0 Å². The highest BCUT2D eigenvalue weighted by molar-refractivity contribution is 5.31. The van der Waals surface area contributed by atoms with E-state index in [-0.39, 0.29) is 5.56 Å². The van der Waals surface area contributed by atoms with Crippen molar-refractivity contribution in [1.82, 2.24) is 0 Å². The van der Waals surface area contributed by atoms with Gasteiger partial charge in [0.2, 0.25) is 0 Å². The molecule has 1 aromatic carbocycles. The second-order valence-corrected chi connectivity index (χ2v) is 2.76. The number of benzene rings is 1. The van der Waals surface area contributed by atoms with Crippen molar-refractivity contribution in [2.24, 2.45) is 0 Å². The van der Waals surface area contributed by atoms with Crippen molar-refractivity contribution in [2.75, 3.05) is 0 Å². The van der Waals surface area contributed by atoms with E-state index in [0.29, 0.717) is 11.1 Å². The van der Waals surface area contributed by atoms with Gasteiger partial charge in [0.05, 0.1) is 0 Å². The summed E-state index contributed by atoms with van der Waals surface area (Å²) in [5.74, 6) is -0.874. The van der Waals surface area contributed by atoms with E-state index in [1.807, 2.05) is 13.8 Å². The summed E-state index contributed by atoms with van der Waals surface area (Å²) in [6.07, 6.45) is 0. The summed E-state index contributed by atoms with van der Waals surface area (Å²) >= 11 is 0.